The van der Waals surface area contributed by atoms with E-state index in [4.69, 9.17) is 4.74 Å². The number of ether oxygens (including phenoxy) is 1. The average molecular weight is 367 g/mol. The molecule has 0 atom stereocenters. The number of benzene rings is 3. The molecule has 1 heterocycles. The molecule has 1 aliphatic heterocycles. The van der Waals surface area contributed by atoms with Gasteiger partial charge < -0.3 is 4.74 Å². The number of rotatable bonds is 3. The molecule has 0 bridgehead atoms. The minimum absolute atomic E-state index is 0.227. The monoisotopic (exact) mass is 367 g/mol. The van der Waals surface area contributed by atoms with Crippen molar-refractivity contribution >= 4 is 32.5 Å². The van der Waals surface area contributed by atoms with Crippen molar-refractivity contribution in [3.8, 4) is 5.75 Å². The van der Waals surface area contributed by atoms with Crippen LogP contribution in [-0.4, -0.2) is 20.9 Å². The van der Waals surface area contributed by atoms with Crippen molar-refractivity contribution in [3.05, 3.63) is 65.7 Å². The Labute approximate surface area is 151 Å². The fourth-order valence-electron chi connectivity index (χ4n) is 3.40. The van der Waals surface area contributed by atoms with Crippen LogP contribution in [0.25, 0.3) is 10.8 Å². The van der Waals surface area contributed by atoms with Crippen LogP contribution in [0.2, 0.25) is 0 Å². The lowest BCUT2D eigenvalue weighted by Crippen LogP contribution is -2.34. The molecule has 0 fully saturated rings. The van der Waals surface area contributed by atoms with E-state index in [-0.39, 0.29) is 11.4 Å². The van der Waals surface area contributed by atoms with E-state index >= 15 is 0 Å². The molecule has 3 aromatic carbocycles. The number of anilines is 1. The van der Waals surface area contributed by atoms with Gasteiger partial charge in [0.05, 0.1) is 10.6 Å². The predicted octanol–water partition coefficient (Wildman–Crippen LogP) is 3.57. The minimum Gasteiger partial charge on any atom is -0.425 e. The highest BCUT2D eigenvalue weighted by molar-refractivity contribution is 7.93. The van der Waals surface area contributed by atoms with Gasteiger partial charge >= 0.3 is 5.97 Å². The molecule has 132 valence electrons. The summed E-state index contributed by atoms with van der Waals surface area (Å²) in [6.45, 7) is 3.45. The van der Waals surface area contributed by atoms with E-state index in [2.05, 4.69) is 0 Å². The maximum absolute atomic E-state index is 12.9. The first-order valence-electron chi connectivity index (χ1n) is 8.20. The van der Waals surface area contributed by atoms with Crippen molar-refractivity contribution < 1.29 is 17.9 Å². The van der Waals surface area contributed by atoms with Crippen molar-refractivity contribution in [1.82, 2.24) is 0 Å². The summed E-state index contributed by atoms with van der Waals surface area (Å²) < 4.78 is 32.3. The van der Waals surface area contributed by atoms with Crippen LogP contribution < -0.4 is 9.04 Å². The average Bonchev–Trinajstić information content (AvgIpc) is 2.77. The van der Waals surface area contributed by atoms with Gasteiger partial charge in [-0.15, -0.1) is 0 Å². The Balaban J connectivity index is 1.67. The first-order valence-corrected chi connectivity index (χ1v) is 9.64. The highest BCUT2D eigenvalue weighted by atomic mass is 32.2. The van der Waals surface area contributed by atoms with Crippen LogP contribution in [0.15, 0.2) is 59.5 Å². The molecule has 0 spiro atoms. The summed E-state index contributed by atoms with van der Waals surface area (Å²) in [6.07, 6.45) is 0. The molecule has 0 unspecified atom stereocenters. The maximum Gasteiger partial charge on any atom is 0.332 e. The second-order valence-electron chi connectivity index (χ2n) is 6.44. The molecule has 0 amide bonds. The van der Waals surface area contributed by atoms with Crippen LogP contribution in [0, 0.1) is 13.8 Å². The van der Waals surface area contributed by atoms with Gasteiger partial charge in [-0.05, 0) is 54.6 Å². The molecular formula is C20H17NO4S. The lowest BCUT2D eigenvalue weighted by Gasteiger charge is -2.18. The van der Waals surface area contributed by atoms with Crippen molar-refractivity contribution in [2.24, 2.45) is 0 Å². The Morgan fingerprint density at radius 2 is 1.65 bits per heavy atom. The Kier molecular flexibility index (Phi) is 3.73. The smallest absolute Gasteiger partial charge is 0.332 e. The number of hydrogen-bond acceptors (Lipinski definition) is 4. The SMILES string of the molecule is Cc1cc(C)cc(OC(=O)CN2c3cccc4cccc(c34)S2(=O)=O)c1. The molecule has 0 N–H and O–H groups in total. The standard InChI is InChI=1S/C20H17NO4S/c1-13-9-14(2)11-16(10-13)25-19(22)12-21-17-7-3-5-15-6-4-8-18(20(15)17)26(21,23)24/h3-11H,12H2,1-2H3. The second-order valence-corrected chi connectivity index (χ2v) is 8.27. The highest BCUT2D eigenvalue weighted by Gasteiger charge is 2.37. The zero-order valence-electron chi connectivity index (χ0n) is 14.4. The van der Waals surface area contributed by atoms with Crippen LogP contribution in [0.5, 0.6) is 5.75 Å². The van der Waals surface area contributed by atoms with Gasteiger partial charge in [0.15, 0.2) is 0 Å². The lowest BCUT2D eigenvalue weighted by atomic mass is 10.1. The number of sulfonamides is 1. The van der Waals surface area contributed by atoms with Gasteiger partial charge in [-0.3, -0.25) is 4.31 Å². The first kappa shape index (κ1) is 16.6. The van der Waals surface area contributed by atoms with E-state index in [9.17, 15) is 13.2 Å². The van der Waals surface area contributed by atoms with Gasteiger partial charge in [0.25, 0.3) is 10.0 Å². The molecule has 26 heavy (non-hydrogen) atoms. The molecule has 3 aromatic rings. The molecule has 0 aromatic heterocycles. The number of aryl methyl sites for hydroxylation is 2. The quantitative estimate of drug-likeness (QED) is 0.524. The Hall–Kier alpha value is -2.86. The Morgan fingerprint density at radius 3 is 2.35 bits per heavy atom. The fraction of sp³-hybridized carbons (Fsp3) is 0.150. The molecular weight excluding hydrogens is 350 g/mol. The van der Waals surface area contributed by atoms with Crippen LogP contribution >= 0.6 is 0 Å². The van der Waals surface area contributed by atoms with E-state index in [0.29, 0.717) is 16.8 Å². The minimum atomic E-state index is -3.77. The number of nitrogens with zero attached hydrogens (tertiary/aromatic N) is 1. The van der Waals surface area contributed by atoms with Crippen LogP contribution in [0.4, 0.5) is 5.69 Å². The summed E-state index contributed by atoms with van der Waals surface area (Å²) >= 11 is 0. The molecule has 0 aliphatic carbocycles. The highest BCUT2D eigenvalue weighted by Crippen LogP contribution is 2.41. The third-order valence-corrected chi connectivity index (χ3v) is 6.18. The summed E-state index contributed by atoms with van der Waals surface area (Å²) in [5, 5.41) is 1.47. The van der Waals surface area contributed by atoms with E-state index in [0.717, 1.165) is 20.8 Å². The topological polar surface area (TPSA) is 63.7 Å². The van der Waals surface area contributed by atoms with Crippen molar-refractivity contribution in [2.75, 3.05) is 10.8 Å². The zero-order valence-corrected chi connectivity index (χ0v) is 15.2. The second kappa shape index (κ2) is 5.85. The largest absolute Gasteiger partial charge is 0.425 e. The molecule has 4 rings (SSSR count). The number of carbonyl (C=O) groups is 1. The maximum atomic E-state index is 12.9. The molecule has 6 heteroatoms. The van der Waals surface area contributed by atoms with E-state index in [1.165, 1.54) is 0 Å². The van der Waals surface area contributed by atoms with Crippen molar-refractivity contribution in [2.45, 2.75) is 18.7 Å². The molecule has 1 aliphatic rings. The van der Waals surface area contributed by atoms with Gasteiger partial charge in [-0.2, -0.15) is 0 Å². The Bertz CT molecular complexity index is 1130. The van der Waals surface area contributed by atoms with Crippen LogP contribution in [0.3, 0.4) is 0 Å². The third-order valence-electron chi connectivity index (χ3n) is 4.38. The third kappa shape index (κ3) is 2.63. The molecule has 0 radical (unpaired) electrons. The summed E-state index contributed by atoms with van der Waals surface area (Å²) in [5.74, 6) is -0.205. The fourth-order valence-corrected chi connectivity index (χ4v) is 5.06. The van der Waals surface area contributed by atoms with Gasteiger partial charge in [0, 0.05) is 5.39 Å². The van der Waals surface area contributed by atoms with Crippen molar-refractivity contribution in [1.29, 1.82) is 0 Å². The van der Waals surface area contributed by atoms with Gasteiger partial charge in [-0.25, -0.2) is 13.2 Å². The molecule has 0 saturated carbocycles. The number of carbonyl (C=O) groups excluding carboxylic acids is 1. The lowest BCUT2D eigenvalue weighted by molar-refractivity contribution is -0.132. The van der Waals surface area contributed by atoms with E-state index < -0.39 is 16.0 Å². The Morgan fingerprint density at radius 1 is 1.00 bits per heavy atom. The molecule has 0 saturated heterocycles. The number of hydrogen-bond donors (Lipinski definition) is 0. The first-order chi connectivity index (χ1) is 12.4. The summed E-state index contributed by atoms with van der Waals surface area (Å²) in [5.41, 5.74) is 2.45. The van der Waals surface area contributed by atoms with Gasteiger partial charge in [-0.1, -0.05) is 30.3 Å². The van der Waals surface area contributed by atoms with E-state index in [1.807, 2.05) is 32.0 Å². The van der Waals surface area contributed by atoms with Crippen LogP contribution in [0.1, 0.15) is 11.1 Å². The molecule has 5 nitrogen and oxygen atoms in total. The predicted molar refractivity (Wildman–Crippen MR) is 100 cm³/mol. The number of esters is 1. The van der Waals surface area contributed by atoms with Crippen molar-refractivity contribution in [3.63, 3.8) is 0 Å². The zero-order chi connectivity index (χ0) is 18.5. The summed E-state index contributed by atoms with van der Waals surface area (Å²) in [7, 11) is -3.77. The summed E-state index contributed by atoms with van der Waals surface area (Å²) in [4.78, 5) is 12.6. The van der Waals surface area contributed by atoms with Crippen LogP contribution in [-0.2, 0) is 14.8 Å². The summed E-state index contributed by atoms with van der Waals surface area (Å²) in [6, 6.07) is 15.9. The van der Waals surface area contributed by atoms with Gasteiger partial charge in [0.2, 0.25) is 0 Å². The normalized spacial score (nSPS) is 14.6. The van der Waals surface area contributed by atoms with E-state index in [1.54, 1.807) is 36.4 Å². The van der Waals surface area contributed by atoms with Gasteiger partial charge in [0.1, 0.15) is 12.3 Å².